The summed E-state index contributed by atoms with van der Waals surface area (Å²) in [6, 6.07) is 0. The molecule has 2 rings (SSSR count). The highest BCUT2D eigenvalue weighted by Gasteiger charge is 2.36. The van der Waals surface area contributed by atoms with Crippen LogP contribution in [-0.2, 0) is 4.74 Å². The van der Waals surface area contributed by atoms with Crippen LogP contribution in [0.1, 0.15) is 53.3 Å². The third-order valence-electron chi connectivity index (χ3n) is 3.68. The molecule has 5 nitrogen and oxygen atoms in total. The van der Waals surface area contributed by atoms with Crippen molar-refractivity contribution in [1.29, 1.82) is 0 Å². The van der Waals surface area contributed by atoms with E-state index in [0.29, 0.717) is 10.0 Å². The third-order valence-corrected chi connectivity index (χ3v) is 6.21. The first-order chi connectivity index (χ1) is 10.0. The van der Waals surface area contributed by atoms with E-state index >= 15 is 0 Å². The normalized spacial score (nSPS) is 16.1. The van der Waals surface area contributed by atoms with Crippen molar-refractivity contribution in [3.63, 3.8) is 0 Å². The molecule has 0 spiro atoms. The first-order valence-electron chi connectivity index (χ1n) is 6.99. The van der Waals surface area contributed by atoms with E-state index in [9.17, 15) is 9.59 Å². The fourth-order valence-corrected chi connectivity index (χ4v) is 3.99. The van der Waals surface area contributed by atoms with Gasteiger partial charge in [-0.15, -0.1) is 0 Å². The largest absolute Gasteiger partial charge is 0.461 e. The summed E-state index contributed by atoms with van der Waals surface area (Å²) in [5.74, 6) is -0.693. The van der Waals surface area contributed by atoms with Gasteiger partial charge in [0, 0.05) is 18.2 Å². The van der Waals surface area contributed by atoms with Crippen molar-refractivity contribution >= 4 is 40.0 Å². The van der Waals surface area contributed by atoms with E-state index < -0.39 is 5.97 Å². The summed E-state index contributed by atoms with van der Waals surface area (Å²) in [5, 5.41) is 3.89. The predicted molar refractivity (Wildman–Crippen MR) is 86.7 cm³/mol. The molecule has 1 fully saturated rings. The number of thiazole rings is 1. The lowest BCUT2D eigenvalue weighted by atomic mass is 9.84. The molecule has 0 atom stereocenters. The van der Waals surface area contributed by atoms with Crippen molar-refractivity contribution in [1.82, 2.24) is 4.98 Å². The number of aromatic nitrogens is 1. The van der Waals surface area contributed by atoms with Gasteiger partial charge in [0.05, 0.1) is 6.61 Å². The molecular formula is C14H20N2O3S2. The third kappa shape index (κ3) is 3.58. The first kappa shape index (κ1) is 16.3. The summed E-state index contributed by atoms with van der Waals surface area (Å²) >= 11 is 3.09. The fraction of sp³-hybridized carbons (Fsp3) is 0.643. The molecule has 21 heavy (non-hydrogen) atoms. The number of rotatable bonds is 7. The maximum Gasteiger partial charge on any atom is 0.358 e. The molecule has 0 amide bonds. The standard InChI is InChI=1S/C14H20N2O3S2/c1-4-19-12(18)10-11(9(2)17)21-13(16-10)15-8-14(20-3)6-5-7-14/h4-8H2,1-3H3,(H,15,16). The van der Waals surface area contributed by atoms with E-state index in [1.807, 2.05) is 11.8 Å². The quantitative estimate of drug-likeness (QED) is 0.612. The van der Waals surface area contributed by atoms with E-state index in [0.717, 1.165) is 6.54 Å². The molecule has 1 aromatic heterocycles. The molecule has 0 bridgehead atoms. The number of carbonyl (C=O) groups excluding carboxylic acids is 2. The van der Waals surface area contributed by atoms with Crippen LogP contribution in [0.5, 0.6) is 0 Å². The van der Waals surface area contributed by atoms with Crippen molar-refractivity contribution in [2.75, 3.05) is 24.7 Å². The zero-order chi connectivity index (χ0) is 15.5. The second-order valence-corrected chi connectivity index (χ2v) is 7.34. The van der Waals surface area contributed by atoms with Crippen molar-refractivity contribution in [2.45, 2.75) is 37.9 Å². The highest BCUT2D eigenvalue weighted by atomic mass is 32.2. The van der Waals surface area contributed by atoms with Crippen LogP contribution in [0.2, 0.25) is 0 Å². The van der Waals surface area contributed by atoms with Gasteiger partial charge in [-0.1, -0.05) is 17.8 Å². The number of hydrogen-bond acceptors (Lipinski definition) is 7. The number of nitrogens with one attached hydrogen (secondary N) is 1. The summed E-state index contributed by atoms with van der Waals surface area (Å²) < 4.78 is 5.22. The molecule has 1 saturated carbocycles. The number of hydrogen-bond donors (Lipinski definition) is 1. The van der Waals surface area contributed by atoms with Crippen LogP contribution < -0.4 is 5.32 Å². The van der Waals surface area contributed by atoms with Gasteiger partial charge in [0.25, 0.3) is 0 Å². The summed E-state index contributed by atoms with van der Waals surface area (Å²) in [4.78, 5) is 28.1. The molecule has 0 aromatic carbocycles. The van der Waals surface area contributed by atoms with Gasteiger partial charge < -0.3 is 10.1 Å². The Morgan fingerprint density at radius 1 is 1.48 bits per heavy atom. The van der Waals surface area contributed by atoms with Crippen LogP contribution in [0.4, 0.5) is 5.13 Å². The maximum absolute atomic E-state index is 11.8. The Morgan fingerprint density at radius 2 is 2.19 bits per heavy atom. The minimum Gasteiger partial charge on any atom is -0.461 e. The Balaban J connectivity index is 2.11. The van der Waals surface area contributed by atoms with Crippen molar-refractivity contribution in [3.8, 4) is 0 Å². The molecular weight excluding hydrogens is 308 g/mol. The Morgan fingerprint density at radius 3 is 2.67 bits per heavy atom. The lowest BCUT2D eigenvalue weighted by Crippen LogP contribution is -2.40. The average Bonchev–Trinajstić information content (AvgIpc) is 2.83. The van der Waals surface area contributed by atoms with E-state index in [1.54, 1.807) is 6.92 Å². The lowest BCUT2D eigenvalue weighted by Gasteiger charge is -2.40. The van der Waals surface area contributed by atoms with Gasteiger partial charge in [0.1, 0.15) is 4.88 Å². The molecule has 1 aliphatic carbocycles. The van der Waals surface area contributed by atoms with Gasteiger partial charge >= 0.3 is 5.97 Å². The minimum atomic E-state index is -0.532. The molecule has 7 heteroatoms. The van der Waals surface area contributed by atoms with Crippen molar-refractivity contribution in [3.05, 3.63) is 10.6 Å². The van der Waals surface area contributed by atoms with Gasteiger partial charge in [0.15, 0.2) is 16.6 Å². The molecule has 1 aromatic rings. The smallest absolute Gasteiger partial charge is 0.358 e. The van der Waals surface area contributed by atoms with Gasteiger partial charge in [-0.2, -0.15) is 11.8 Å². The number of nitrogens with zero attached hydrogens (tertiary/aromatic N) is 1. The second-order valence-electron chi connectivity index (χ2n) is 5.07. The van der Waals surface area contributed by atoms with E-state index in [2.05, 4.69) is 16.6 Å². The molecule has 0 saturated heterocycles. The maximum atomic E-state index is 11.8. The van der Waals surface area contributed by atoms with Crippen LogP contribution in [0.3, 0.4) is 0 Å². The molecule has 1 aliphatic rings. The highest BCUT2D eigenvalue weighted by molar-refractivity contribution is 8.00. The average molecular weight is 328 g/mol. The summed E-state index contributed by atoms with van der Waals surface area (Å²) in [6.07, 6.45) is 5.76. The minimum absolute atomic E-state index is 0.128. The van der Waals surface area contributed by atoms with Gasteiger partial charge in [-0.25, -0.2) is 9.78 Å². The number of thioether (sulfide) groups is 1. The Bertz CT molecular complexity index is 533. The number of ether oxygens (including phenoxy) is 1. The zero-order valence-corrected chi connectivity index (χ0v) is 14.2. The zero-order valence-electron chi connectivity index (χ0n) is 12.5. The monoisotopic (exact) mass is 328 g/mol. The second kappa shape index (κ2) is 6.79. The summed E-state index contributed by atoms with van der Waals surface area (Å²) in [5.41, 5.74) is 0.128. The number of anilines is 1. The number of carbonyl (C=O) groups is 2. The first-order valence-corrected chi connectivity index (χ1v) is 9.03. The Hall–Kier alpha value is -1.08. The van der Waals surface area contributed by atoms with Crippen LogP contribution in [0.15, 0.2) is 0 Å². The molecule has 1 heterocycles. The van der Waals surface area contributed by atoms with Gasteiger partial charge in [-0.05, 0) is 26.0 Å². The molecule has 116 valence electrons. The highest BCUT2D eigenvalue weighted by Crippen LogP contribution is 2.43. The Labute approximate surface area is 132 Å². The lowest BCUT2D eigenvalue weighted by molar-refractivity contribution is 0.0517. The van der Waals surface area contributed by atoms with Crippen LogP contribution in [-0.4, -0.2) is 40.9 Å². The van der Waals surface area contributed by atoms with Crippen molar-refractivity contribution in [2.24, 2.45) is 0 Å². The number of ketones is 1. The van der Waals surface area contributed by atoms with E-state index in [-0.39, 0.29) is 22.8 Å². The van der Waals surface area contributed by atoms with Gasteiger partial charge in [0.2, 0.25) is 0 Å². The molecule has 0 aliphatic heterocycles. The number of esters is 1. The molecule has 1 N–H and O–H groups in total. The Kier molecular flexibility index (Phi) is 5.27. The summed E-state index contributed by atoms with van der Waals surface area (Å²) in [7, 11) is 0. The summed E-state index contributed by atoms with van der Waals surface area (Å²) in [6.45, 7) is 4.25. The van der Waals surface area contributed by atoms with Crippen LogP contribution >= 0.6 is 23.1 Å². The van der Waals surface area contributed by atoms with E-state index in [1.165, 1.54) is 37.5 Å². The topological polar surface area (TPSA) is 68.3 Å². The SMILES string of the molecule is CCOC(=O)c1nc(NCC2(SC)CCC2)sc1C(C)=O. The predicted octanol–water partition coefficient (Wildman–Crippen LogP) is 3.22. The van der Waals surface area contributed by atoms with Crippen molar-refractivity contribution < 1.29 is 14.3 Å². The molecule has 0 radical (unpaired) electrons. The number of Topliss-reactive ketones (excluding diaryl/α,β-unsaturated/α-hetero) is 1. The fourth-order valence-electron chi connectivity index (χ4n) is 2.23. The van der Waals surface area contributed by atoms with Crippen LogP contribution in [0.25, 0.3) is 0 Å². The van der Waals surface area contributed by atoms with E-state index in [4.69, 9.17) is 4.74 Å². The van der Waals surface area contributed by atoms with Crippen LogP contribution in [0, 0.1) is 0 Å². The van der Waals surface area contributed by atoms with Gasteiger partial charge in [-0.3, -0.25) is 4.79 Å². The molecule has 0 unspecified atom stereocenters.